The van der Waals surface area contributed by atoms with Gasteiger partial charge in [-0.2, -0.15) is 19.2 Å². The summed E-state index contributed by atoms with van der Waals surface area (Å²) in [5.74, 6) is -4.70. The van der Waals surface area contributed by atoms with Crippen LogP contribution < -0.4 is 21.3 Å². The van der Waals surface area contributed by atoms with E-state index in [4.69, 9.17) is 38.1 Å². The molecule has 4 rings (SSSR count). The number of carbonyl (C=O) groups excluding carboxylic acids is 10. The molecule has 0 aromatic heterocycles. The standard InChI is InChI=1S/C20H31FN2O7.C18H31FN2O3.2CO2/c1-7-28-15(25)19(10-9-12-13(19)20(12,21)16(26)29-8-2)23-14(24)11(3)22-17(27)30-18(4,5)6;1-7-17(10-9-12-13(17)18(12,19)8-2)21-14(22)11(3)20-15(23)24-16(4,5)6;2*2-1-3/h11-13H,7-10H2,1-6H3,(H,22,27)(H,23,24);11-13H,7-10H2,1-6H3,(H,20,23)(H,21,22);;/t11-,12+,13+,19-,20+;11-,12-,13-,17+,18-;;/m11../s1. The van der Waals surface area contributed by atoms with Crippen molar-refractivity contribution in [3.05, 3.63) is 0 Å². The van der Waals surface area contributed by atoms with Gasteiger partial charge in [0.1, 0.15) is 34.5 Å². The van der Waals surface area contributed by atoms with Crippen molar-refractivity contribution >= 4 is 48.2 Å². The fourth-order valence-corrected chi connectivity index (χ4v) is 8.43. The van der Waals surface area contributed by atoms with Gasteiger partial charge in [-0.05, 0) is 108 Å². The third kappa shape index (κ3) is 12.5. The van der Waals surface area contributed by atoms with Crippen LogP contribution in [0.4, 0.5) is 18.4 Å². The zero-order chi connectivity index (χ0) is 46.7. The molecular formula is C40H62F2N4O14. The van der Waals surface area contributed by atoms with Crippen LogP contribution in [0.25, 0.3) is 0 Å². The number of halogens is 2. The number of fused-ring (bicyclic) bond motifs is 2. The van der Waals surface area contributed by atoms with Gasteiger partial charge in [0.05, 0.1) is 13.2 Å². The average Bonchev–Trinajstić information content (AvgIpc) is 3.74. The molecule has 0 heterocycles. The molecule has 10 atom stereocenters. The Morgan fingerprint density at radius 2 is 1.07 bits per heavy atom. The highest BCUT2D eigenvalue weighted by Gasteiger charge is 2.84. The quantitative estimate of drug-likeness (QED) is 0.161. The molecule has 0 radical (unpaired) electrons. The second kappa shape index (κ2) is 21.0. The smallest absolute Gasteiger partial charge is 0.408 e. The Morgan fingerprint density at radius 1 is 0.650 bits per heavy atom. The van der Waals surface area contributed by atoms with E-state index >= 15 is 4.39 Å². The molecule has 0 aromatic carbocycles. The van der Waals surface area contributed by atoms with Crippen molar-refractivity contribution in [1.82, 2.24) is 21.3 Å². The Balaban J connectivity index is 0.000000539. The molecule has 18 nitrogen and oxygen atoms in total. The maximum atomic E-state index is 15.4. The van der Waals surface area contributed by atoms with Crippen LogP contribution in [0.5, 0.6) is 0 Å². The summed E-state index contributed by atoms with van der Waals surface area (Å²) in [6.45, 7) is 20.4. The van der Waals surface area contributed by atoms with Crippen molar-refractivity contribution in [2.45, 2.75) is 167 Å². The van der Waals surface area contributed by atoms with Gasteiger partial charge in [0, 0.05) is 29.2 Å². The fourth-order valence-electron chi connectivity index (χ4n) is 8.43. The van der Waals surface area contributed by atoms with E-state index in [1.54, 1.807) is 62.3 Å². The van der Waals surface area contributed by atoms with Crippen molar-refractivity contribution < 1.29 is 75.7 Å². The monoisotopic (exact) mass is 860 g/mol. The number of amides is 4. The molecule has 4 fully saturated rings. The van der Waals surface area contributed by atoms with Crippen molar-refractivity contribution in [2.75, 3.05) is 13.2 Å². The first kappa shape index (κ1) is 53.1. The maximum absolute atomic E-state index is 15.4. The Labute approximate surface area is 349 Å². The van der Waals surface area contributed by atoms with Crippen LogP contribution in [0.3, 0.4) is 0 Å². The third-order valence-electron chi connectivity index (χ3n) is 11.0. The van der Waals surface area contributed by atoms with E-state index in [0.717, 1.165) is 12.8 Å². The third-order valence-corrected chi connectivity index (χ3v) is 11.0. The SMILES string of the molecule is CCOC(=O)[C@@]1(F)[C@H]2[C@@H]1CC[C@]2(NC(=O)[C@@H](C)NC(=O)OC(C)(C)C)C(=O)OCC.CC[C@]1(NC(=O)[C@@H](C)NC(=O)OC(C)(C)C)CC[C@@H]2[C@H]1[C@@]2(F)CC.O=C=O.O=C=O. The molecule has 4 aliphatic carbocycles. The molecule has 0 unspecified atom stereocenters. The molecule has 0 aromatic rings. The predicted octanol–water partition coefficient (Wildman–Crippen LogP) is 3.78. The van der Waals surface area contributed by atoms with Crippen LogP contribution in [0.15, 0.2) is 0 Å². The number of esters is 2. The van der Waals surface area contributed by atoms with Gasteiger partial charge in [0.2, 0.25) is 17.5 Å². The van der Waals surface area contributed by atoms with Gasteiger partial charge >= 0.3 is 36.4 Å². The van der Waals surface area contributed by atoms with E-state index in [1.807, 2.05) is 13.8 Å². The summed E-state index contributed by atoms with van der Waals surface area (Å²) in [6.07, 6.45) is 2.21. The lowest BCUT2D eigenvalue weighted by atomic mass is 9.86. The van der Waals surface area contributed by atoms with Crippen LogP contribution in [0.1, 0.15) is 122 Å². The summed E-state index contributed by atoms with van der Waals surface area (Å²) in [6, 6.07) is -1.79. The predicted molar refractivity (Wildman–Crippen MR) is 203 cm³/mol. The van der Waals surface area contributed by atoms with Crippen LogP contribution in [-0.4, -0.2) is 107 Å². The Kier molecular flexibility index (Phi) is 18.6. The minimum absolute atomic E-state index is 0.000445. The molecule has 0 spiro atoms. The summed E-state index contributed by atoms with van der Waals surface area (Å²) in [4.78, 5) is 106. The lowest BCUT2D eigenvalue weighted by molar-refractivity contribution is -0.193. The molecule has 4 amide bonds. The summed E-state index contributed by atoms with van der Waals surface area (Å²) in [5, 5.41) is 10.5. The lowest BCUT2D eigenvalue weighted by Crippen LogP contribution is -2.61. The van der Waals surface area contributed by atoms with Gasteiger partial charge in [-0.1, -0.05) is 13.8 Å². The van der Waals surface area contributed by atoms with Crippen molar-refractivity contribution in [2.24, 2.45) is 23.7 Å². The molecule has 0 aliphatic heterocycles. The molecule has 0 saturated heterocycles. The van der Waals surface area contributed by atoms with E-state index in [1.165, 1.54) is 6.92 Å². The van der Waals surface area contributed by atoms with E-state index < -0.39 is 87.6 Å². The molecule has 60 heavy (non-hydrogen) atoms. The summed E-state index contributed by atoms with van der Waals surface area (Å²) >= 11 is 0. The number of alkyl halides is 2. The number of carbonyl (C=O) groups is 6. The number of hydrogen-bond donors (Lipinski definition) is 4. The average molecular weight is 861 g/mol. The number of ether oxygens (including phenoxy) is 4. The minimum atomic E-state index is -2.35. The topological polar surface area (TPSA) is 256 Å². The van der Waals surface area contributed by atoms with E-state index in [0.29, 0.717) is 12.8 Å². The van der Waals surface area contributed by atoms with E-state index in [9.17, 15) is 33.2 Å². The minimum Gasteiger partial charge on any atom is -0.464 e. The lowest BCUT2D eigenvalue weighted by Gasteiger charge is -2.34. The normalized spacial score (nSPS) is 29.8. The molecular weight excluding hydrogens is 798 g/mol. The van der Waals surface area contributed by atoms with Crippen LogP contribution >= 0.6 is 0 Å². The number of nitrogens with one attached hydrogen (secondary N) is 4. The summed E-state index contributed by atoms with van der Waals surface area (Å²) in [5.41, 5.74) is -7.06. The first-order chi connectivity index (χ1) is 27.6. The Hall–Kier alpha value is -4.96. The van der Waals surface area contributed by atoms with Crippen molar-refractivity contribution in [3.8, 4) is 0 Å². The Morgan fingerprint density at radius 3 is 1.45 bits per heavy atom. The molecule has 340 valence electrons. The maximum Gasteiger partial charge on any atom is 0.408 e. The fraction of sp³-hybridized carbons (Fsp3) is 0.800. The molecule has 0 bridgehead atoms. The summed E-state index contributed by atoms with van der Waals surface area (Å²) in [7, 11) is 0. The van der Waals surface area contributed by atoms with Gasteiger partial charge in [-0.15, -0.1) is 0 Å². The van der Waals surface area contributed by atoms with Gasteiger partial charge in [0.25, 0.3) is 0 Å². The molecule has 4 aliphatic rings. The van der Waals surface area contributed by atoms with Gasteiger partial charge in [0.15, 0.2) is 0 Å². The highest BCUT2D eigenvalue weighted by atomic mass is 19.1. The van der Waals surface area contributed by atoms with Crippen molar-refractivity contribution in [3.63, 3.8) is 0 Å². The van der Waals surface area contributed by atoms with Crippen LogP contribution in [0.2, 0.25) is 0 Å². The molecule has 4 N–H and O–H groups in total. The highest BCUT2D eigenvalue weighted by Crippen LogP contribution is 2.69. The Bertz CT molecular complexity index is 1630. The highest BCUT2D eigenvalue weighted by molar-refractivity contribution is 5.96. The van der Waals surface area contributed by atoms with E-state index in [-0.39, 0.29) is 56.1 Å². The first-order valence-electron chi connectivity index (χ1n) is 20.0. The number of alkyl carbamates (subject to hydrolysis) is 2. The van der Waals surface area contributed by atoms with Crippen LogP contribution in [-0.2, 0) is 57.3 Å². The first-order valence-corrected chi connectivity index (χ1v) is 20.0. The summed E-state index contributed by atoms with van der Waals surface area (Å²) < 4.78 is 50.5. The van der Waals surface area contributed by atoms with Crippen LogP contribution in [0, 0.1) is 23.7 Å². The molecule has 20 heteroatoms. The second-order valence-corrected chi connectivity index (χ2v) is 17.1. The number of hydrogen-bond acceptors (Lipinski definition) is 14. The van der Waals surface area contributed by atoms with Crippen molar-refractivity contribution in [1.29, 1.82) is 0 Å². The van der Waals surface area contributed by atoms with Gasteiger partial charge in [-0.25, -0.2) is 28.0 Å². The van der Waals surface area contributed by atoms with Gasteiger partial charge in [-0.3, -0.25) is 9.59 Å². The van der Waals surface area contributed by atoms with Gasteiger partial charge < -0.3 is 40.2 Å². The van der Waals surface area contributed by atoms with E-state index in [2.05, 4.69) is 21.3 Å². The molecule has 4 saturated carbocycles. The zero-order valence-electron chi connectivity index (χ0n) is 36.6. The number of rotatable bonds is 12. The largest absolute Gasteiger partial charge is 0.464 e. The second-order valence-electron chi connectivity index (χ2n) is 17.1. The zero-order valence-corrected chi connectivity index (χ0v) is 36.6.